The molecule has 1 amide bonds. The van der Waals surface area contributed by atoms with Crippen LogP contribution in [0.3, 0.4) is 0 Å². The molecule has 0 N–H and O–H groups in total. The Hall–Kier alpha value is -3.63. The van der Waals surface area contributed by atoms with Gasteiger partial charge in [-0.3, -0.25) is 4.79 Å². The Bertz CT molecular complexity index is 1160. The van der Waals surface area contributed by atoms with Crippen molar-refractivity contribution in [3.05, 3.63) is 88.0 Å². The van der Waals surface area contributed by atoms with Crippen molar-refractivity contribution in [1.29, 1.82) is 5.26 Å². The van der Waals surface area contributed by atoms with E-state index < -0.39 is 12.0 Å². The molecule has 0 aliphatic carbocycles. The molecule has 2 heterocycles. The summed E-state index contributed by atoms with van der Waals surface area (Å²) in [5, 5.41) is 9.65. The molecule has 8 heteroatoms. The maximum Gasteiger partial charge on any atom is 0.329 e. The van der Waals surface area contributed by atoms with Crippen molar-refractivity contribution < 1.29 is 14.3 Å². The number of aromatic nitrogens is 2. The van der Waals surface area contributed by atoms with Crippen LogP contribution in [0.4, 0.5) is 0 Å². The number of rotatable bonds is 4. The number of halogens is 1. The van der Waals surface area contributed by atoms with Crippen molar-refractivity contribution in [2.45, 2.75) is 25.6 Å². The van der Waals surface area contributed by atoms with Crippen LogP contribution in [-0.2, 0) is 29.0 Å². The van der Waals surface area contributed by atoms with Gasteiger partial charge in [-0.15, -0.1) is 0 Å². The van der Waals surface area contributed by atoms with Crippen molar-refractivity contribution in [2.75, 3.05) is 7.11 Å². The molecular weight excluding hydrogens is 416 g/mol. The first-order valence-corrected chi connectivity index (χ1v) is 10.0. The first-order valence-electron chi connectivity index (χ1n) is 9.66. The Morgan fingerprint density at radius 1 is 1.19 bits per heavy atom. The number of fused-ring (bicyclic) bond motifs is 1. The Kier molecular flexibility index (Phi) is 5.74. The number of nitriles is 1. The van der Waals surface area contributed by atoms with Crippen molar-refractivity contribution in [1.82, 2.24) is 14.5 Å². The zero-order valence-electron chi connectivity index (χ0n) is 16.8. The molecule has 156 valence electrons. The quantitative estimate of drug-likeness (QED) is 0.588. The van der Waals surface area contributed by atoms with Gasteiger partial charge in [0.05, 0.1) is 43.0 Å². The molecule has 0 radical (unpaired) electrons. The average molecular weight is 435 g/mol. The van der Waals surface area contributed by atoms with Gasteiger partial charge in [0.15, 0.2) is 0 Å². The van der Waals surface area contributed by atoms with E-state index in [4.69, 9.17) is 21.6 Å². The molecule has 0 saturated heterocycles. The minimum Gasteiger partial charge on any atom is -0.467 e. The lowest BCUT2D eigenvalue weighted by Crippen LogP contribution is -2.49. The number of esters is 1. The highest BCUT2D eigenvalue weighted by Gasteiger charge is 2.38. The van der Waals surface area contributed by atoms with Crippen LogP contribution in [-0.4, -0.2) is 39.5 Å². The number of amides is 1. The minimum absolute atomic E-state index is 0.224. The van der Waals surface area contributed by atoms with Crippen LogP contribution < -0.4 is 0 Å². The van der Waals surface area contributed by atoms with Crippen molar-refractivity contribution in [3.63, 3.8) is 0 Å². The smallest absolute Gasteiger partial charge is 0.329 e. The van der Waals surface area contributed by atoms with Gasteiger partial charge < -0.3 is 14.2 Å². The molecule has 1 aliphatic heterocycles. The lowest BCUT2D eigenvalue weighted by Gasteiger charge is -2.34. The predicted octanol–water partition coefficient (Wildman–Crippen LogP) is 3.20. The van der Waals surface area contributed by atoms with Crippen LogP contribution in [0.25, 0.3) is 0 Å². The van der Waals surface area contributed by atoms with Crippen molar-refractivity contribution in [3.8, 4) is 6.07 Å². The van der Waals surface area contributed by atoms with Gasteiger partial charge >= 0.3 is 5.97 Å². The zero-order valence-corrected chi connectivity index (χ0v) is 17.5. The van der Waals surface area contributed by atoms with Crippen LogP contribution in [0.2, 0.25) is 5.02 Å². The number of nitrogens with zero attached hydrogens (tertiary/aromatic N) is 4. The van der Waals surface area contributed by atoms with Gasteiger partial charge in [0.25, 0.3) is 5.91 Å². The standard InChI is InChI=1S/C23H19ClN4O3/c1-31-23(30)20-10-19-21(27(14-26-19)12-16-4-8-18(24)9-5-16)13-28(20)22(29)17-6-2-15(11-25)3-7-17/h2-9,14,20H,10,12-13H2,1H3/t20-/m0/s1. The van der Waals surface area contributed by atoms with E-state index in [2.05, 4.69) is 4.98 Å². The summed E-state index contributed by atoms with van der Waals surface area (Å²) in [7, 11) is 1.31. The van der Waals surface area contributed by atoms with Crippen molar-refractivity contribution >= 4 is 23.5 Å². The number of imidazole rings is 1. The van der Waals surface area contributed by atoms with E-state index in [1.165, 1.54) is 12.0 Å². The molecule has 1 atom stereocenters. The molecule has 0 saturated carbocycles. The topological polar surface area (TPSA) is 88.2 Å². The molecule has 0 unspecified atom stereocenters. The zero-order chi connectivity index (χ0) is 22.0. The summed E-state index contributed by atoms with van der Waals surface area (Å²) >= 11 is 5.97. The van der Waals surface area contributed by atoms with Crippen molar-refractivity contribution in [2.24, 2.45) is 0 Å². The normalized spacial score (nSPS) is 15.1. The third-order valence-corrected chi connectivity index (χ3v) is 5.63. The molecular formula is C23H19ClN4O3. The third kappa shape index (κ3) is 4.16. The lowest BCUT2D eigenvalue weighted by molar-refractivity contribution is -0.146. The van der Waals surface area contributed by atoms with Gasteiger partial charge in [0.1, 0.15) is 6.04 Å². The number of ether oxygens (including phenoxy) is 1. The molecule has 3 aromatic rings. The van der Waals surface area contributed by atoms with Crippen LogP contribution >= 0.6 is 11.6 Å². The Balaban J connectivity index is 1.65. The largest absolute Gasteiger partial charge is 0.467 e. The van der Waals surface area contributed by atoms with Gasteiger partial charge in [-0.1, -0.05) is 23.7 Å². The van der Waals surface area contributed by atoms with E-state index in [0.717, 1.165) is 17.0 Å². The highest BCUT2D eigenvalue weighted by atomic mass is 35.5. The van der Waals surface area contributed by atoms with E-state index in [-0.39, 0.29) is 18.9 Å². The van der Waals surface area contributed by atoms with Crippen LogP contribution in [0.5, 0.6) is 0 Å². The SMILES string of the molecule is COC(=O)[C@@H]1Cc2ncn(Cc3ccc(Cl)cc3)c2CN1C(=O)c1ccc(C#N)cc1. The summed E-state index contributed by atoms with van der Waals surface area (Å²) < 4.78 is 6.93. The summed E-state index contributed by atoms with van der Waals surface area (Å²) in [6.45, 7) is 0.794. The van der Waals surface area contributed by atoms with Gasteiger partial charge in [0.2, 0.25) is 0 Å². The number of carbonyl (C=O) groups is 2. The van der Waals surface area contributed by atoms with Crippen LogP contribution in [0.15, 0.2) is 54.9 Å². The molecule has 2 aromatic carbocycles. The maximum atomic E-state index is 13.3. The number of benzene rings is 2. The van der Waals surface area contributed by atoms with E-state index >= 15 is 0 Å². The van der Waals surface area contributed by atoms with Crippen LogP contribution in [0.1, 0.15) is 32.9 Å². The van der Waals surface area contributed by atoms with Gasteiger partial charge in [0, 0.05) is 23.6 Å². The second kappa shape index (κ2) is 8.62. The van der Waals surface area contributed by atoms with E-state index in [1.54, 1.807) is 30.6 Å². The Labute approximate surface area is 184 Å². The van der Waals surface area contributed by atoms with E-state index in [9.17, 15) is 9.59 Å². The molecule has 1 aliphatic rings. The Morgan fingerprint density at radius 3 is 2.55 bits per heavy atom. The number of carbonyl (C=O) groups excluding carboxylic acids is 2. The second-order valence-corrected chi connectivity index (χ2v) is 7.69. The fourth-order valence-electron chi connectivity index (χ4n) is 3.70. The fourth-order valence-corrected chi connectivity index (χ4v) is 3.83. The molecule has 4 rings (SSSR count). The predicted molar refractivity (Wildman–Crippen MR) is 113 cm³/mol. The van der Waals surface area contributed by atoms with E-state index in [0.29, 0.717) is 22.7 Å². The van der Waals surface area contributed by atoms with Gasteiger partial charge in [-0.2, -0.15) is 5.26 Å². The first kappa shape index (κ1) is 20.6. The molecule has 1 aromatic heterocycles. The lowest BCUT2D eigenvalue weighted by atomic mass is 10.0. The molecule has 0 bridgehead atoms. The number of methoxy groups -OCH3 is 1. The van der Waals surface area contributed by atoms with E-state index in [1.807, 2.05) is 34.9 Å². The molecule has 31 heavy (non-hydrogen) atoms. The Morgan fingerprint density at radius 2 is 1.90 bits per heavy atom. The van der Waals surface area contributed by atoms with Gasteiger partial charge in [-0.25, -0.2) is 9.78 Å². The minimum atomic E-state index is -0.764. The highest BCUT2D eigenvalue weighted by Crippen LogP contribution is 2.26. The first-order chi connectivity index (χ1) is 15.0. The number of hydrogen-bond donors (Lipinski definition) is 0. The summed E-state index contributed by atoms with van der Waals surface area (Å²) in [5.74, 6) is -0.787. The highest BCUT2D eigenvalue weighted by molar-refractivity contribution is 6.30. The summed E-state index contributed by atoms with van der Waals surface area (Å²) in [5.41, 5.74) is 3.55. The summed E-state index contributed by atoms with van der Waals surface area (Å²) in [6.07, 6.45) is 2.00. The summed E-state index contributed by atoms with van der Waals surface area (Å²) in [6, 6.07) is 15.2. The second-order valence-electron chi connectivity index (χ2n) is 7.26. The maximum absolute atomic E-state index is 13.3. The van der Waals surface area contributed by atoms with Gasteiger partial charge in [-0.05, 0) is 42.0 Å². The number of hydrogen-bond acceptors (Lipinski definition) is 5. The van der Waals surface area contributed by atoms with Crippen LogP contribution in [0, 0.1) is 11.3 Å². The fraction of sp³-hybridized carbons (Fsp3) is 0.217. The molecule has 0 spiro atoms. The molecule has 7 nitrogen and oxygen atoms in total. The average Bonchev–Trinajstić information content (AvgIpc) is 3.20. The summed E-state index contributed by atoms with van der Waals surface area (Å²) in [4.78, 5) is 31.7. The monoisotopic (exact) mass is 434 g/mol. The molecule has 0 fully saturated rings. The third-order valence-electron chi connectivity index (χ3n) is 5.38.